The molecule has 0 radical (unpaired) electrons. The Hall–Kier alpha value is -3.59. The maximum Gasteiger partial charge on any atom is 0.338 e. The molecule has 1 aliphatic rings. The maximum absolute atomic E-state index is 13.4. The van der Waals surface area contributed by atoms with Crippen LogP contribution in [-0.4, -0.2) is 31.4 Å². The van der Waals surface area contributed by atoms with E-state index in [1.807, 2.05) is 0 Å². The summed E-state index contributed by atoms with van der Waals surface area (Å²) in [6.07, 6.45) is 3.21. The maximum atomic E-state index is 13.4. The molecular weight excluding hydrogens is 432 g/mol. The molecule has 9 heteroatoms. The van der Waals surface area contributed by atoms with E-state index in [-0.39, 0.29) is 12.2 Å². The van der Waals surface area contributed by atoms with Gasteiger partial charge in [-0.3, -0.25) is 9.36 Å². The van der Waals surface area contributed by atoms with Gasteiger partial charge in [-0.1, -0.05) is 17.4 Å². The number of furan rings is 1. The van der Waals surface area contributed by atoms with Gasteiger partial charge in [-0.2, -0.15) is 0 Å². The van der Waals surface area contributed by atoms with E-state index >= 15 is 0 Å². The molecule has 0 N–H and O–H groups in total. The number of rotatable bonds is 6. The molecule has 0 unspecified atom stereocenters. The number of methoxy groups -OCH3 is 2. The summed E-state index contributed by atoms with van der Waals surface area (Å²) in [5, 5.41) is 0. The number of allylic oxidation sites excluding steroid dienone is 1. The lowest BCUT2D eigenvalue weighted by atomic mass is 9.95. The second-order valence-corrected chi connectivity index (χ2v) is 7.94. The van der Waals surface area contributed by atoms with Crippen LogP contribution in [0.25, 0.3) is 6.08 Å². The topological polar surface area (TPSA) is 92.3 Å². The van der Waals surface area contributed by atoms with Gasteiger partial charge in [0, 0.05) is 6.08 Å². The Kier molecular flexibility index (Phi) is 6.00. The van der Waals surface area contributed by atoms with E-state index < -0.39 is 12.0 Å². The first kappa shape index (κ1) is 21.6. The summed E-state index contributed by atoms with van der Waals surface area (Å²) in [6, 6.07) is 8.07. The average Bonchev–Trinajstić information content (AvgIpc) is 3.40. The molecule has 1 aliphatic heterocycles. The molecule has 0 fully saturated rings. The lowest BCUT2D eigenvalue weighted by Crippen LogP contribution is -2.39. The third-order valence-corrected chi connectivity index (χ3v) is 6.04. The zero-order valence-electron chi connectivity index (χ0n) is 18.1. The fraction of sp³-hybridized carbons (Fsp3) is 0.261. The number of hydrogen-bond donors (Lipinski definition) is 0. The van der Waals surface area contributed by atoms with Crippen molar-refractivity contribution in [2.75, 3.05) is 20.8 Å². The minimum atomic E-state index is -0.733. The summed E-state index contributed by atoms with van der Waals surface area (Å²) in [4.78, 5) is 31.4. The number of carbonyl (C=O) groups is 1. The van der Waals surface area contributed by atoms with Crippen molar-refractivity contribution in [1.29, 1.82) is 0 Å². The zero-order chi connectivity index (χ0) is 22.8. The molecule has 1 atom stereocenters. The van der Waals surface area contributed by atoms with Gasteiger partial charge in [-0.15, -0.1) is 0 Å². The highest BCUT2D eigenvalue weighted by molar-refractivity contribution is 7.07. The standard InChI is InChI=1S/C23H22N2O6S/c1-5-30-22(27)19-13(2)24-23-25(21(26)18(32-23)12-15-7-6-10-31-15)20(19)14-8-9-16(28-3)17(11-14)29-4/h6-12,20H,5H2,1-4H3/b18-12-/t20-/m0/s1. The van der Waals surface area contributed by atoms with Crippen molar-refractivity contribution >= 4 is 23.4 Å². The minimum Gasteiger partial charge on any atom is -0.493 e. The molecule has 4 rings (SSSR count). The SMILES string of the molecule is CCOC(=O)C1=C(C)N=c2s/c(=C\c3ccco3)c(=O)n2[C@H]1c1ccc(OC)c(OC)c1. The van der Waals surface area contributed by atoms with Gasteiger partial charge in [0.15, 0.2) is 16.3 Å². The van der Waals surface area contributed by atoms with Crippen LogP contribution in [0.2, 0.25) is 0 Å². The zero-order valence-corrected chi connectivity index (χ0v) is 18.9. The number of hydrogen-bond acceptors (Lipinski definition) is 8. The molecular formula is C23H22N2O6S. The van der Waals surface area contributed by atoms with E-state index in [0.717, 1.165) is 0 Å². The molecule has 1 aromatic carbocycles. The average molecular weight is 455 g/mol. The Morgan fingerprint density at radius 3 is 2.69 bits per heavy atom. The molecule has 32 heavy (non-hydrogen) atoms. The first-order valence-electron chi connectivity index (χ1n) is 9.93. The molecule has 3 aromatic rings. The molecule has 0 saturated carbocycles. The number of aromatic nitrogens is 1. The van der Waals surface area contributed by atoms with E-state index in [1.165, 1.54) is 23.0 Å². The molecule has 0 aliphatic carbocycles. The van der Waals surface area contributed by atoms with Crippen LogP contribution in [0.5, 0.6) is 11.5 Å². The Morgan fingerprint density at radius 2 is 2.03 bits per heavy atom. The quantitative estimate of drug-likeness (QED) is 0.531. The number of ether oxygens (including phenoxy) is 3. The molecule has 8 nitrogen and oxygen atoms in total. The highest BCUT2D eigenvalue weighted by atomic mass is 32.1. The number of esters is 1. The summed E-state index contributed by atoms with van der Waals surface area (Å²) >= 11 is 1.23. The molecule has 0 saturated heterocycles. The number of benzene rings is 1. The van der Waals surface area contributed by atoms with Crippen LogP contribution in [0.15, 0.2) is 62.1 Å². The van der Waals surface area contributed by atoms with Crippen LogP contribution < -0.4 is 24.4 Å². The highest BCUT2D eigenvalue weighted by Crippen LogP contribution is 2.36. The first-order valence-corrected chi connectivity index (χ1v) is 10.7. The summed E-state index contributed by atoms with van der Waals surface area (Å²) in [6.45, 7) is 3.68. The lowest BCUT2D eigenvalue weighted by Gasteiger charge is -2.25. The van der Waals surface area contributed by atoms with Crippen molar-refractivity contribution in [1.82, 2.24) is 4.57 Å². The van der Waals surface area contributed by atoms with Crippen LogP contribution in [0.4, 0.5) is 0 Å². The molecule has 166 valence electrons. The number of nitrogens with zero attached hydrogens (tertiary/aromatic N) is 2. The van der Waals surface area contributed by atoms with Gasteiger partial charge in [0.05, 0.1) is 48.9 Å². The van der Waals surface area contributed by atoms with E-state index in [4.69, 9.17) is 18.6 Å². The fourth-order valence-corrected chi connectivity index (χ4v) is 4.66. The van der Waals surface area contributed by atoms with E-state index in [1.54, 1.807) is 63.6 Å². The fourth-order valence-electron chi connectivity index (χ4n) is 3.63. The Morgan fingerprint density at radius 1 is 1.25 bits per heavy atom. The van der Waals surface area contributed by atoms with Gasteiger partial charge in [0.1, 0.15) is 5.76 Å². The van der Waals surface area contributed by atoms with Gasteiger partial charge in [-0.25, -0.2) is 9.79 Å². The van der Waals surface area contributed by atoms with Gasteiger partial charge in [-0.05, 0) is 43.7 Å². The third kappa shape index (κ3) is 3.75. The number of thiazole rings is 1. The number of carbonyl (C=O) groups excluding carboxylic acids is 1. The second-order valence-electron chi connectivity index (χ2n) is 6.93. The second kappa shape index (κ2) is 8.88. The van der Waals surface area contributed by atoms with Gasteiger partial charge in [0.25, 0.3) is 5.56 Å². The van der Waals surface area contributed by atoms with Gasteiger partial charge < -0.3 is 18.6 Å². The first-order chi connectivity index (χ1) is 15.5. The monoisotopic (exact) mass is 454 g/mol. The van der Waals surface area contributed by atoms with Crippen molar-refractivity contribution in [3.63, 3.8) is 0 Å². The van der Waals surface area contributed by atoms with Crippen LogP contribution in [-0.2, 0) is 9.53 Å². The van der Waals surface area contributed by atoms with E-state index in [0.29, 0.717) is 43.4 Å². The van der Waals surface area contributed by atoms with Gasteiger partial charge >= 0.3 is 5.97 Å². The number of fused-ring (bicyclic) bond motifs is 1. The highest BCUT2D eigenvalue weighted by Gasteiger charge is 2.33. The summed E-state index contributed by atoms with van der Waals surface area (Å²) in [5.74, 6) is 1.06. The molecule has 0 spiro atoms. The lowest BCUT2D eigenvalue weighted by molar-refractivity contribution is -0.139. The largest absolute Gasteiger partial charge is 0.493 e. The molecule has 2 aromatic heterocycles. The molecule has 0 amide bonds. The van der Waals surface area contributed by atoms with Crippen LogP contribution in [0.1, 0.15) is 31.2 Å². The summed E-state index contributed by atoms with van der Waals surface area (Å²) < 4.78 is 23.4. The predicted molar refractivity (Wildman–Crippen MR) is 119 cm³/mol. The smallest absolute Gasteiger partial charge is 0.338 e. The van der Waals surface area contributed by atoms with Crippen molar-refractivity contribution < 1.29 is 23.4 Å². The van der Waals surface area contributed by atoms with E-state index in [9.17, 15) is 9.59 Å². The predicted octanol–water partition coefficient (Wildman–Crippen LogP) is 2.41. The van der Waals surface area contributed by atoms with Crippen molar-refractivity contribution in [3.05, 3.63) is 78.9 Å². The van der Waals surface area contributed by atoms with Gasteiger partial charge in [0.2, 0.25) is 0 Å². The summed E-state index contributed by atoms with van der Waals surface area (Å²) in [7, 11) is 3.08. The minimum absolute atomic E-state index is 0.206. The van der Waals surface area contributed by atoms with Crippen LogP contribution in [0.3, 0.4) is 0 Å². The van der Waals surface area contributed by atoms with E-state index in [2.05, 4.69) is 4.99 Å². The van der Waals surface area contributed by atoms with Crippen molar-refractivity contribution in [2.24, 2.45) is 4.99 Å². The molecule has 0 bridgehead atoms. The Labute approximate surface area is 187 Å². The Bertz CT molecular complexity index is 1360. The molecule has 3 heterocycles. The third-order valence-electron chi connectivity index (χ3n) is 5.06. The van der Waals surface area contributed by atoms with Crippen LogP contribution in [0, 0.1) is 0 Å². The summed E-state index contributed by atoms with van der Waals surface area (Å²) in [5.41, 5.74) is 1.19. The normalized spacial score (nSPS) is 15.9. The van der Waals surface area contributed by atoms with Crippen molar-refractivity contribution in [3.8, 4) is 11.5 Å². The van der Waals surface area contributed by atoms with Crippen molar-refractivity contribution in [2.45, 2.75) is 19.9 Å². The van der Waals surface area contributed by atoms with Crippen LogP contribution >= 0.6 is 11.3 Å². The Balaban J connectivity index is 1.98.